The van der Waals surface area contributed by atoms with E-state index in [1.165, 1.54) is 74.5 Å². The standard InChI is InChI=1S/C31H48O3Si/c1-5-32-35(33-6-2,34-7-3)27-19-14-12-10-8-9-11-13-16-20-29-23-25-31(26-24-29)28(4)30-21-17-15-18-22-30/h15,17-18,21-26H,4-14,16,19-20,27H2,1-3H3. The predicted octanol–water partition coefficient (Wildman–Crippen LogP) is 8.85. The Labute approximate surface area is 216 Å². The van der Waals surface area contributed by atoms with E-state index in [1.807, 2.05) is 26.8 Å². The molecule has 0 N–H and O–H groups in total. The molecule has 4 heteroatoms. The molecule has 0 atom stereocenters. The highest BCUT2D eigenvalue weighted by molar-refractivity contribution is 6.60. The molecule has 0 aliphatic rings. The lowest BCUT2D eigenvalue weighted by Gasteiger charge is -2.28. The van der Waals surface area contributed by atoms with E-state index in [9.17, 15) is 0 Å². The molecule has 0 bridgehead atoms. The van der Waals surface area contributed by atoms with Gasteiger partial charge in [-0.25, -0.2) is 0 Å². The number of aryl methyl sites for hydroxylation is 1. The first-order valence-corrected chi connectivity index (χ1v) is 15.8. The van der Waals surface area contributed by atoms with Gasteiger partial charge in [0.15, 0.2) is 0 Å². The minimum atomic E-state index is -2.44. The lowest BCUT2D eigenvalue weighted by atomic mass is 9.97. The Morgan fingerprint density at radius 2 is 1.06 bits per heavy atom. The molecule has 2 rings (SSSR count). The van der Waals surface area contributed by atoms with E-state index < -0.39 is 8.80 Å². The van der Waals surface area contributed by atoms with Crippen molar-refractivity contribution >= 4 is 14.4 Å². The maximum absolute atomic E-state index is 5.95. The van der Waals surface area contributed by atoms with E-state index in [-0.39, 0.29) is 0 Å². The van der Waals surface area contributed by atoms with Crippen LogP contribution in [-0.2, 0) is 19.7 Å². The number of rotatable bonds is 20. The van der Waals surface area contributed by atoms with Crippen molar-refractivity contribution in [2.24, 2.45) is 0 Å². The van der Waals surface area contributed by atoms with Crippen LogP contribution in [0, 0.1) is 0 Å². The molecule has 0 heterocycles. The lowest BCUT2D eigenvalue weighted by Crippen LogP contribution is -2.45. The average molecular weight is 497 g/mol. The van der Waals surface area contributed by atoms with E-state index in [0.29, 0.717) is 19.8 Å². The fourth-order valence-electron chi connectivity index (χ4n) is 4.59. The monoisotopic (exact) mass is 496 g/mol. The van der Waals surface area contributed by atoms with E-state index in [4.69, 9.17) is 13.3 Å². The Bertz CT molecular complexity index is 787. The van der Waals surface area contributed by atoms with E-state index >= 15 is 0 Å². The summed E-state index contributed by atoms with van der Waals surface area (Å²) in [5.74, 6) is 0. The number of benzene rings is 2. The van der Waals surface area contributed by atoms with Crippen molar-refractivity contribution in [3.8, 4) is 0 Å². The van der Waals surface area contributed by atoms with Gasteiger partial charge in [-0.2, -0.15) is 0 Å². The van der Waals surface area contributed by atoms with Crippen LogP contribution in [0.25, 0.3) is 5.57 Å². The van der Waals surface area contributed by atoms with Crippen LogP contribution in [-0.4, -0.2) is 28.6 Å². The maximum Gasteiger partial charge on any atom is 0.500 e. The number of hydrogen-bond acceptors (Lipinski definition) is 3. The third-order valence-corrected chi connectivity index (χ3v) is 9.62. The molecule has 0 aliphatic heterocycles. The van der Waals surface area contributed by atoms with Gasteiger partial charge in [-0.15, -0.1) is 0 Å². The molecule has 35 heavy (non-hydrogen) atoms. The fourth-order valence-corrected chi connectivity index (χ4v) is 7.27. The number of hydrogen-bond donors (Lipinski definition) is 0. The molecular formula is C31H48O3Si. The van der Waals surface area contributed by atoms with Crippen LogP contribution in [0.4, 0.5) is 0 Å². The van der Waals surface area contributed by atoms with Crippen molar-refractivity contribution in [3.05, 3.63) is 77.9 Å². The third kappa shape index (κ3) is 11.3. The molecule has 0 spiro atoms. The van der Waals surface area contributed by atoms with Crippen molar-refractivity contribution in [3.63, 3.8) is 0 Å². The molecule has 0 aromatic heterocycles. The molecule has 0 radical (unpaired) electrons. The molecule has 0 saturated carbocycles. The SMILES string of the molecule is C=C(c1ccccc1)c1ccc(CCCCCCCCCCC[Si](OCC)(OCC)OCC)cc1. The molecule has 0 saturated heterocycles. The highest BCUT2D eigenvalue weighted by Gasteiger charge is 2.39. The zero-order valence-corrected chi connectivity index (χ0v) is 23.5. The molecule has 0 fully saturated rings. The van der Waals surface area contributed by atoms with Crippen LogP contribution in [0.5, 0.6) is 0 Å². The second-order valence-electron chi connectivity index (χ2n) is 9.21. The Morgan fingerprint density at radius 3 is 1.57 bits per heavy atom. The van der Waals surface area contributed by atoms with Gasteiger partial charge in [-0.1, -0.05) is 106 Å². The molecule has 0 aliphatic carbocycles. The van der Waals surface area contributed by atoms with Gasteiger partial charge in [0, 0.05) is 25.9 Å². The van der Waals surface area contributed by atoms with Crippen LogP contribution in [0.1, 0.15) is 95.2 Å². The van der Waals surface area contributed by atoms with Crippen LogP contribution in [0.2, 0.25) is 6.04 Å². The molecule has 0 unspecified atom stereocenters. The Morgan fingerprint density at radius 1 is 0.600 bits per heavy atom. The predicted molar refractivity (Wildman–Crippen MR) is 152 cm³/mol. The molecular weight excluding hydrogens is 448 g/mol. The third-order valence-electron chi connectivity index (χ3n) is 6.47. The summed E-state index contributed by atoms with van der Waals surface area (Å²) in [6, 6.07) is 20.3. The Balaban J connectivity index is 1.52. The molecule has 0 amide bonds. The first kappa shape index (κ1) is 29.5. The van der Waals surface area contributed by atoms with Crippen LogP contribution < -0.4 is 0 Å². The molecule has 194 valence electrons. The summed E-state index contributed by atoms with van der Waals surface area (Å²) >= 11 is 0. The van der Waals surface area contributed by atoms with Crippen molar-refractivity contribution in [1.82, 2.24) is 0 Å². The van der Waals surface area contributed by atoms with Crippen molar-refractivity contribution in [2.75, 3.05) is 19.8 Å². The van der Waals surface area contributed by atoms with Gasteiger partial charge in [0.2, 0.25) is 0 Å². The highest BCUT2D eigenvalue weighted by Crippen LogP contribution is 2.23. The Kier molecular flexibility index (Phi) is 14.9. The summed E-state index contributed by atoms with van der Waals surface area (Å²) in [6.45, 7) is 12.4. The summed E-state index contributed by atoms with van der Waals surface area (Å²) in [6.07, 6.45) is 12.8. The second kappa shape index (κ2) is 17.7. The first-order chi connectivity index (χ1) is 17.1. The van der Waals surface area contributed by atoms with Crippen LogP contribution >= 0.6 is 0 Å². The second-order valence-corrected chi connectivity index (χ2v) is 11.9. The zero-order chi connectivity index (χ0) is 25.2. The zero-order valence-electron chi connectivity index (χ0n) is 22.5. The molecule has 2 aromatic rings. The van der Waals surface area contributed by atoms with Gasteiger partial charge >= 0.3 is 8.80 Å². The minimum absolute atomic E-state index is 0.668. The number of unbranched alkanes of at least 4 members (excludes halogenated alkanes) is 8. The summed E-state index contributed by atoms with van der Waals surface area (Å²) in [7, 11) is -2.44. The normalized spacial score (nSPS) is 11.6. The minimum Gasteiger partial charge on any atom is -0.374 e. The average Bonchev–Trinajstić information content (AvgIpc) is 2.88. The largest absolute Gasteiger partial charge is 0.500 e. The summed E-state index contributed by atoms with van der Waals surface area (Å²) in [5.41, 5.74) is 4.93. The first-order valence-electron chi connectivity index (χ1n) is 13.9. The van der Waals surface area contributed by atoms with E-state index in [1.54, 1.807) is 0 Å². The van der Waals surface area contributed by atoms with E-state index in [0.717, 1.165) is 18.0 Å². The summed E-state index contributed by atoms with van der Waals surface area (Å²) in [5, 5.41) is 0. The van der Waals surface area contributed by atoms with Gasteiger partial charge in [0.05, 0.1) is 0 Å². The summed E-state index contributed by atoms with van der Waals surface area (Å²) < 4.78 is 17.9. The smallest absolute Gasteiger partial charge is 0.374 e. The van der Waals surface area contributed by atoms with Gasteiger partial charge < -0.3 is 13.3 Å². The molecule has 3 nitrogen and oxygen atoms in total. The van der Waals surface area contributed by atoms with Crippen molar-refractivity contribution in [2.45, 2.75) is 91.0 Å². The van der Waals surface area contributed by atoms with Gasteiger partial charge in [0.1, 0.15) is 0 Å². The Hall–Kier alpha value is -1.72. The van der Waals surface area contributed by atoms with Gasteiger partial charge in [-0.05, 0) is 62.3 Å². The van der Waals surface area contributed by atoms with Gasteiger partial charge in [0.25, 0.3) is 0 Å². The van der Waals surface area contributed by atoms with Crippen molar-refractivity contribution < 1.29 is 13.3 Å². The van der Waals surface area contributed by atoms with Crippen LogP contribution in [0.15, 0.2) is 61.2 Å². The van der Waals surface area contributed by atoms with Gasteiger partial charge in [-0.3, -0.25) is 0 Å². The van der Waals surface area contributed by atoms with Crippen LogP contribution in [0.3, 0.4) is 0 Å². The van der Waals surface area contributed by atoms with Crippen molar-refractivity contribution in [1.29, 1.82) is 0 Å². The maximum atomic E-state index is 5.95. The fraction of sp³-hybridized carbons (Fsp3) is 0.548. The highest BCUT2D eigenvalue weighted by atomic mass is 28.4. The lowest BCUT2D eigenvalue weighted by molar-refractivity contribution is 0.0706. The van der Waals surface area contributed by atoms with E-state index in [2.05, 4.69) is 55.1 Å². The topological polar surface area (TPSA) is 27.7 Å². The molecule has 2 aromatic carbocycles. The quantitative estimate of drug-likeness (QED) is 0.135. The summed E-state index contributed by atoms with van der Waals surface area (Å²) in [4.78, 5) is 0.